The second kappa shape index (κ2) is 7.36. The molecule has 3 aromatic rings. The minimum absolute atomic E-state index is 0.420. The van der Waals surface area contributed by atoms with Crippen molar-refractivity contribution in [3.63, 3.8) is 0 Å². The molecule has 2 saturated heterocycles. The minimum atomic E-state index is 0.420. The molecule has 8 nitrogen and oxygen atoms in total. The fourth-order valence-electron chi connectivity index (χ4n) is 4.28. The summed E-state index contributed by atoms with van der Waals surface area (Å²) < 4.78 is 3.67. The summed E-state index contributed by atoms with van der Waals surface area (Å²) in [4.78, 5) is 5.19. The van der Waals surface area contributed by atoms with Crippen molar-refractivity contribution in [3.8, 4) is 5.82 Å². The molecule has 2 fully saturated rings. The van der Waals surface area contributed by atoms with Gasteiger partial charge in [-0.1, -0.05) is 0 Å². The lowest BCUT2D eigenvalue weighted by molar-refractivity contribution is 0.182. The van der Waals surface area contributed by atoms with Crippen LogP contribution in [0.5, 0.6) is 0 Å². The van der Waals surface area contributed by atoms with E-state index < -0.39 is 0 Å². The molecule has 0 bridgehead atoms. The second-order valence-electron chi connectivity index (χ2n) is 7.64. The van der Waals surface area contributed by atoms with Crippen LogP contribution >= 0.6 is 0 Å². The highest BCUT2D eigenvalue weighted by molar-refractivity contribution is 5.39. The number of aromatic nitrogens is 6. The molecule has 0 saturated carbocycles. The molecule has 2 aliphatic rings. The number of piperidine rings is 1. The molecule has 0 radical (unpaired) electrons. The maximum absolute atomic E-state index is 4.73. The van der Waals surface area contributed by atoms with E-state index >= 15 is 0 Å². The van der Waals surface area contributed by atoms with Crippen LogP contribution in [-0.4, -0.2) is 78.7 Å². The Balaban J connectivity index is 1.26. The third-order valence-electron chi connectivity index (χ3n) is 5.90. The van der Waals surface area contributed by atoms with Crippen LogP contribution in [0.1, 0.15) is 37.4 Å². The van der Waals surface area contributed by atoms with Gasteiger partial charge in [0.2, 0.25) is 0 Å². The van der Waals surface area contributed by atoms with E-state index in [1.807, 2.05) is 28.9 Å². The van der Waals surface area contributed by atoms with Crippen molar-refractivity contribution < 1.29 is 0 Å². The Morgan fingerprint density at radius 3 is 2.44 bits per heavy atom. The Hall–Kier alpha value is -2.32. The predicted octanol–water partition coefficient (Wildman–Crippen LogP) is 1.59. The molecule has 27 heavy (non-hydrogen) atoms. The number of hydrogen-bond acceptors (Lipinski definition) is 6. The molecule has 0 amide bonds. The van der Waals surface area contributed by atoms with E-state index in [-0.39, 0.29) is 0 Å². The van der Waals surface area contributed by atoms with Crippen molar-refractivity contribution in [2.75, 3.05) is 39.3 Å². The molecule has 0 spiro atoms. The van der Waals surface area contributed by atoms with Gasteiger partial charge in [0.15, 0.2) is 17.3 Å². The van der Waals surface area contributed by atoms with Crippen LogP contribution in [0.4, 0.5) is 0 Å². The molecule has 0 atom stereocenters. The van der Waals surface area contributed by atoms with Crippen molar-refractivity contribution in [1.82, 2.24) is 39.4 Å². The Morgan fingerprint density at radius 1 is 0.926 bits per heavy atom. The summed E-state index contributed by atoms with van der Waals surface area (Å²) in [5, 5.41) is 17.8. The van der Waals surface area contributed by atoms with Gasteiger partial charge in [-0.25, -0.2) is 4.68 Å². The highest BCUT2D eigenvalue weighted by Crippen LogP contribution is 2.27. The van der Waals surface area contributed by atoms with E-state index in [1.54, 1.807) is 10.9 Å². The van der Waals surface area contributed by atoms with Gasteiger partial charge < -0.3 is 9.80 Å². The minimum Gasteiger partial charge on any atom is -0.302 e. The first-order valence-electron chi connectivity index (χ1n) is 10.0. The first-order chi connectivity index (χ1) is 13.4. The quantitative estimate of drug-likeness (QED) is 0.683. The van der Waals surface area contributed by atoms with Crippen LogP contribution in [0.2, 0.25) is 0 Å². The van der Waals surface area contributed by atoms with Crippen molar-refractivity contribution in [2.24, 2.45) is 0 Å². The van der Waals surface area contributed by atoms with Gasteiger partial charge in [0.05, 0.1) is 0 Å². The first kappa shape index (κ1) is 16.8. The van der Waals surface area contributed by atoms with Crippen LogP contribution in [0.25, 0.3) is 11.5 Å². The van der Waals surface area contributed by atoms with E-state index in [0.29, 0.717) is 5.92 Å². The Morgan fingerprint density at radius 2 is 1.70 bits per heavy atom. The molecular weight excluding hydrogens is 340 g/mol. The summed E-state index contributed by atoms with van der Waals surface area (Å²) in [5.74, 6) is 2.19. The van der Waals surface area contributed by atoms with Gasteiger partial charge >= 0.3 is 0 Å². The number of likely N-dealkylation sites (tertiary alicyclic amines) is 2. The average Bonchev–Trinajstić information content (AvgIpc) is 3.48. The predicted molar refractivity (Wildman–Crippen MR) is 102 cm³/mol. The normalized spacial score (nSPS) is 20.0. The van der Waals surface area contributed by atoms with Crippen molar-refractivity contribution >= 4 is 5.65 Å². The lowest BCUT2D eigenvalue weighted by atomic mass is 9.96. The Kier molecular flexibility index (Phi) is 4.59. The molecule has 2 aliphatic heterocycles. The fourth-order valence-corrected chi connectivity index (χ4v) is 4.28. The third-order valence-corrected chi connectivity index (χ3v) is 5.90. The standard InChI is InChI=1S/C19H26N8/c1-2-10-24(9-1)14-15-25-12-6-16(7-13-25)19-22-21-17-4-5-18(23-27(17)19)26-11-3-8-20-26/h3-5,8,11,16H,1-2,6-7,9-10,12-15H2. The van der Waals surface area contributed by atoms with Gasteiger partial charge in [-0.05, 0) is 70.1 Å². The van der Waals surface area contributed by atoms with Gasteiger partial charge in [-0.2, -0.15) is 9.61 Å². The van der Waals surface area contributed by atoms with E-state index in [9.17, 15) is 0 Å². The number of hydrogen-bond donors (Lipinski definition) is 0. The monoisotopic (exact) mass is 366 g/mol. The summed E-state index contributed by atoms with van der Waals surface area (Å²) in [5.41, 5.74) is 0.803. The second-order valence-corrected chi connectivity index (χ2v) is 7.64. The van der Waals surface area contributed by atoms with Gasteiger partial charge in [-0.15, -0.1) is 15.3 Å². The SMILES string of the molecule is c1cnn(-c2ccc3nnc(C4CCN(CCN5CCCC5)CC4)n3n2)c1. The van der Waals surface area contributed by atoms with Crippen LogP contribution in [0.3, 0.4) is 0 Å². The van der Waals surface area contributed by atoms with Crippen molar-refractivity contribution in [3.05, 3.63) is 36.4 Å². The molecule has 0 unspecified atom stereocenters. The van der Waals surface area contributed by atoms with E-state index in [0.717, 1.165) is 43.2 Å². The number of nitrogens with zero attached hydrogens (tertiary/aromatic N) is 8. The van der Waals surface area contributed by atoms with Gasteiger partial charge in [0.25, 0.3) is 0 Å². The molecule has 8 heteroatoms. The zero-order chi connectivity index (χ0) is 18.1. The van der Waals surface area contributed by atoms with Gasteiger partial charge in [0, 0.05) is 31.4 Å². The van der Waals surface area contributed by atoms with Crippen LogP contribution in [0.15, 0.2) is 30.6 Å². The molecule has 3 aromatic heterocycles. The molecule has 5 rings (SSSR count). The zero-order valence-electron chi connectivity index (χ0n) is 15.6. The Bertz CT molecular complexity index is 872. The highest BCUT2D eigenvalue weighted by Gasteiger charge is 2.25. The van der Waals surface area contributed by atoms with Gasteiger partial charge in [0.1, 0.15) is 0 Å². The summed E-state index contributed by atoms with van der Waals surface area (Å²) in [7, 11) is 0. The van der Waals surface area contributed by atoms with Crippen LogP contribution < -0.4 is 0 Å². The molecule has 0 aromatic carbocycles. The topological polar surface area (TPSA) is 67.4 Å². The molecule has 0 aliphatic carbocycles. The fraction of sp³-hybridized carbons (Fsp3) is 0.579. The smallest absolute Gasteiger partial charge is 0.178 e. The van der Waals surface area contributed by atoms with E-state index in [2.05, 4.69) is 25.1 Å². The molecule has 142 valence electrons. The maximum atomic E-state index is 4.73. The van der Waals surface area contributed by atoms with Crippen molar-refractivity contribution in [1.29, 1.82) is 0 Å². The molecular formula is C19H26N8. The number of rotatable bonds is 5. The lowest BCUT2D eigenvalue weighted by Crippen LogP contribution is -2.38. The largest absolute Gasteiger partial charge is 0.302 e. The van der Waals surface area contributed by atoms with Gasteiger partial charge in [-0.3, -0.25) is 0 Å². The maximum Gasteiger partial charge on any atom is 0.178 e. The first-order valence-corrected chi connectivity index (χ1v) is 10.0. The third kappa shape index (κ3) is 3.46. The molecule has 5 heterocycles. The summed E-state index contributed by atoms with van der Waals surface area (Å²) in [6, 6.07) is 5.80. The number of fused-ring (bicyclic) bond motifs is 1. The highest BCUT2D eigenvalue weighted by atomic mass is 15.4. The summed E-state index contributed by atoms with van der Waals surface area (Å²) >= 11 is 0. The Labute approximate surface area is 158 Å². The van der Waals surface area contributed by atoms with Crippen LogP contribution in [-0.2, 0) is 0 Å². The zero-order valence-corrected chi connectivity index (χ0v) is 15.6. The molecule has 0 N–H and O–H groups in total. The lowest BCUT2D eigenvalue weighted by Gasteiger charge is -2.32. The summed E-state index contributed by atoms with van der Waals surface area (Å²) in [6.07, 6.45) is 8.64. The average molecular weight is 366 g/mol. The van der Waals surface area contributed by atoms with Crippen LogP contribution in [0, 0.1) is 0 Å². The van der Waals surface area contributed by atoms with E-state index in [4.69, 9.17) is 5.10 Å². The van der Waals surface area contributed by atoms with Crippen molar-refractivity contribution in [2.45, 2.75) is 31.6 Å². The summed E-state index contributed by atoms with van der Waals surface area (Å²) in [6.45, 7) is 7.24. The van der Waals surface area contributed by atoms with E-state index in [1.165, 1.54) is 39.0 Å².